The van der Waals surface area contributed by atoms with Gasteiger partial charge in [-0.05, 0) is 19.3 Å². The lowest BCUT2D eigenvalue weighted by atomic mass is 9.84. The quantitative estimate of drug-likeness (QED) is 0.660. The lowest BCUT2D eigenvalue weighted by molar-refractivity contribution is -0.149. The van der Waals surface area contributed by atoms with Crippen molar-refractivity contribution in [2.45, 2.75) is 46.1 Å². The maximum absolute atomic E-state index is 11.9. The molecule has 1 atom stereocenters. The zero-order valence-corrected chi connectivity index (χ0v) is 9.67. The highest BCUT2D eigenvalue weighted by Crippen LogP contribution is 2.24. The van der Waals surface area contributed by atoms with Crippen LogP contribution in [-0.4, -0.2) is 29.2 Å². The number of amides is 1. The van der Waals surface area contributed by atoms with Crippen molar-refractivity contribution in [1.29, 1.82) is 0 Å². The van der Waals surface area contributed by atoms with E-state index in [4.69, 9.17) is 6.92 Å². The van der Waals surface area contributed by atoms with Crippen molar-refractivity contribution in [3.63, 3.8) is 0 Å². The second-order valence-corrected chi connectivity index (χ2v) is 4.72. The Hall–Kier alpha value is -0.860. The van der Waals surface area contributed by atoms with Gasteiger partial charge in [0, 0.05) is 24.9 Å². The van der Waals surface area contributed by atoms with Crippen LogP contribution in [-0.2, 0) is 9.59 Å². The Morgan fingerprint density at radius 3 is 2.47 bits per heavy atom. The molecule has 0 aliphatic carbocycles. The van der Waals surface area contributed by atoms with Crippen LogP contribution in [0.1, 0.15) is 40.0 Å². The molecule has 83 valence electrons. The third-order valence-electron chi connectivity index (χ3n) is 3.21. The predicted octanol–water partition coefficient (Wildman–Crippen LogP) is 1.57. The number of rotatable bonds is 3. The first-order valence-electron chi connectivity index (χ1n) is 5.46. The van der Waals surface area contributed by atoms with E-state index in [9.17, 15) is 9.59 Å². The number of hydrogen-bond donors (Lipinski definition) is 0. The van der Waals surface area contributed by atoms with E-state index in [0.29, 0.717) is 19.4 Å². The smallest absolute Gasteiger partial charge is 0.290 e. The fraction of sp³-hybridized carbons (Fsp3) is 0.750. The summed E-state index contributed by atoms with van der Waals surface area (Å²) in [6.45, 7) is 13.6. The minimum Gasteiger partial charge on any atom is -0.332 e. The minimum atomic E-state index is -0.598. The molecule has 3 radical (unpaired) electrons. The average Bonchev–Trinajstić information content (AvgIpc) is 2.62. The summed E-state index contributed by atoms with van der Waals surface area (Å²) >= 11 is 0. The number of ketones is 1. The molecule has 0 bridgehead atoms. The van der Waals surface area contributed by atoms with Gasteiger partial charge < -0.3 is 4.90 Å². The standard InChI is InChI=1S/C12H18NO2/c1-5-12(3,4)10(14)11(15)13-8-6-7-9(13)2/h9H,5-8H2,1,3-4H3/t9-/m0/s1. The van der Waals surface area contributed by atoms with Crippen molar-refractivity contribution in [3.8, 4) is 0 Å². The molecule has 1 fully saturated rings. The van der Waals surface area contributed by atoms with Gasteiger partial charge in [-0.25, -0.2) is 0 Å². The van der Waals surface area contributed by atoms with Crippen LogP contribution in [0.5, 0.6) is 0 Å². The van der Waals surface area contributed by atoms with Crippen LogP contribution in [0.3, 0.4) is 0 Å². The first-order chi connectivity index (χ1) is 6.90. The van der Waals surface area contributed by atoms with Crippen LogP contribution in [0.2, 0.25) is 0 Å². The molecule has 1 aliphatic heterocycles. The Balaban J connectivity index is 2.72. The number of nitrogens with zero attached hydrogens (tertiary/aromatic N) is 1. The highest BCUT2D eigenvalue weighted by atomic mass is 16.2. The first kappa shape index (κ1) is 12.2. The summed E-state index contributed by atoms with van der Waals surface area (Å²) in [6.07, 6.45) is 2.17. The van der Waals surface area contributed by atoms with Crippen molar-refractivity contribution in [2.75, 3.05) is 6.54 Å². The summed E-state index contributed by atoms with van der Waals surface area (Å²) in [4.78, 5) is 25.1. The molecule has 0 aromatic heterocycles. The Bertz CT molecular complexity index is 271. The van der Waals surface area contributed by atoms with Crippen molar-refractivity contribution < 1.29 is 9.59 Å². The van der Waals surface area contributed by atoms with Crippen molar-refractivity contribution in [1.82, 2.24) is 4.90 Å². The molecule has 0 aromatic rings. The van der Waals surface area contributed by atoms with Gasteiger partial charge in [0.2, 0.25) is 5.78 Å². The van der Waals surface area contributed by atoms with Gasteiger partial charge in [-0.15, -0.1) is 0 Å². The molecule has 1 amide bonds. The Morgan fingerprint density at radius 2 is 2.07 bits per heavy atom. The van der Waals surface area contributed by atoms with Gasteiger partial charge in [0.15, 0.2) is 0 Å². The lowest BCUT2D eigenvalue weighted by Gasteiger charge is -2.26. The maximum atomic E-state index is 11.9. The molecule has 0 N–H and O–H groups in total. The fourth-order valence-corrected chi connectivity index (χ4v) is 1.59. The molecule has 0 spiro atoms. The number of hydrogen-bond acceptors (Lipinski definition) is 2. The average molecular weight is 208 g/mol. The molecule has 15 heavy (non-hydrogen) atoms. The zero-order chi connectivity index (χ0) is 11.6. The monoisotopic (exact) mass is 208 g/mol. The number of Topliss-reactive ketones (excluding diaryl/α,β-unsaturated/α-hetero) is 1. The van der Waals surface area contributed by atoms with E-state index in [1.807, 2.05) is 6.92 Å². The predicted molar refractivity (Wildman–Crippen MR) is 57.1 cm³/mol. The summed E-state index contributed by atoms with van der Waals surface area (Å²) in [5.74, 6) is -0.830. The first-order valence-corrected chi connectivity index (χ1v) is 5.46. The highest BCUT2D eigenvalue weighted by Gasteiger charge is 2.37. The van der Waals surface area contributed by atoms with Crippen molar-refractivity contribution in [3.05, 3.63) is 6.92 Å². The summed E-state index contributed by atoms with van der Waals surface area (Å²) in [6, 6.07) is -0.519. The van der Waals surface area contributed by atoms with Crippen LogP contribution in [0.25, 0.3) is 0 Å². The second kappa shape index (κ2) is 4.33. The normalized spacial score (nSPS) is 21.9. The van der Waals surface area contributed by atoms with E-state index in [-0.39, 0.29) is 5.78 Å². The molecule has 0 saturated carbocycles. The van der Waals surface area contributed by atoms with E-state index in [1.165, 1.54) is 4.90 Å². The number of likely N-dealkylation sites (tertiary alicyclic amines) is 1. The molecule has 1 heterocycles. The maximum Gasteiger partial charge on any atom is 0.290 e. The van der Waals surface area contributed by atoms with Crippen molar-refractivity contribution in [2.24, 2.45) is 5.41 Å². The molecule has 0 unspecified atom stereocenters. The summed E-state index contributed by atoms with van der Waals surface area (Å²) in [5.41, 5.74) is -0.598. The van der Waals surface area contributed by atoms with Crippen LogP contribution in [0, 0.1) is 12.3 Å². The van der Waals surface area contributed by atoms with Crippen LogP contribution >= 0.6 is 0 Å². The highest BCUT2D eigenvalue weighted by molar-refractivity contribution is 6.38. The van der Waals surface area contributed by atoms with Gasteiger partial charge >= 0.3 is 0 Å². The Labute approximate surface area is 91.8 Å². The van der Waals surface area contributed by atoms with Crippen LogP contribution < -0.4 is 0 Å². The Morgan fingerprint density at radius 1 is 1.47 bits per heavy atom. The van der Waals surface area contributed by atoms with Gasteiger partial charge in [0.25, 0.3) is 5.91 Å². The van der Waals surface area contributed by atoms with Gasteiger partial charge in [0.05, 0.1) is 0 Å². The van der Waals surface area contributed by atoms with E-state index in [0.717, 1.165) is 6.42 Å². The second-order valence-electron chi connectivity index (χ2n) is 4.72. The third kappa shape index (κ3) is 2.39. The fourth-order valence-electron chi connectivity index (χ4n) is 1.59. The lowest BCUT2D eigenvalue weighted by Crippen LogP contribution is -2.44. The van der Waals surface area contributed by atoms with E-state index >= 15 is 0 Å². The van der Waals surface area contributed by atoms with Gasteiger partial charge in [-0.2, -0.15) is 0 Å². The van der Waals surface area contributed by atoms with Crippen LogP contribution in [0.4, 0.5) is 0 Å². The van der Waals surface area contributed by atoms with E-state index in [1.54, 1.807) is 13.8 Å². The third-order valence-corrected chi connectivity index (χ3v) is 3.21. The summed E-state index contributed by atoms with van der Waals surface area (Å²) in [5, 5.41) is 0. The molecule has 1 rings (SSSR count). The molecule has 3 nitrogen and oxygen atoms in total. The van der Waals surface area contributed by atoms with E-state index in [2.05, 4.69) is 0 Å². The van der Waals surface area contributed by atoms with Crippen LogP contribution in [0.15, 0.2) is 0 Å². The summed E-state index contributed by atoms with van der Waals surface area (Å²) < 4.78 is 0. The molecule has 1 saturated heterocycles. The topological polar surface area (TPSA) is 37.4 Å². The molecular formula is C12H18NO2. The number of carbonyl (C=O) groups is 2. The van der Waals surface area contributed by atoms with E-state index < -0.39 is 17.4 Å². The van der Waals surface area contributed by atoms with Crippen molar-refractivity contribution >= 4 is 11.7 Å². The largest absolute Gasteiger partial charge is 0.332 e. The number of carbonyl (C=O) groups excluding carboxylic acids is 2. The molecule has 3 heteroatoms. The summed E-state index contributed by atoms with van der Waals surface area (Å²) in [7, 11) is 0. The molecular weight excluding hydrogens is 190 g/mol. The molecule has 1 aliphatic rings. The zero-order valence-electron chi connectivity index (χ0n) is 9.67. The Kier molecular flexibility index (Phi) is 3.53. The van der Waals surface area contributed by atoms with Gasteiger partial charge in [0.1, 0.15) is 0 Å². The molecule has 0 aromatic carbocycles. The minimum absolute atomic E-state index is 0.357. The van der Waals surface area contributed by atoms with Gasteiger partial charge in [-0.3, -0.25) is 9.59 Å². The van der Waals surface area contributed by atoms with Gasteiger partial charge in [-0.1, -0.05) is 20.8 Å². The SMILES string of the molecule is [C][C@H]1CCCN1C(=O)C(=O)C(C)(C)CC.